The van der Waals surface area contributed by atoms with Crippen molar-refractivity contribution in [3.63, 3.8) is 0 Å². The molecule has 4 rings (SSSR count). The summed E-state index contributed by atoms with van der Waals surface area (Å²) in [5.74, 6) is -0.416. The topological polar surface area (TPSA) is 71.7 Å². The lowest BCUT2D eigenvalue weighted by Gasteiger charge is -2.05. The van der Waals surface area contributed by atoms with Crippen LogP contribution in [-0.4, -0.2) is 21.7 Å². The van der Waals surface area contributed by atoms with Crippen molar-refractivity contribution in [3.05, 3.63) is 79.3 Å². The van der Waals surface area contributed by atoms with Crippen molar-refractivity contribution in [3.8, 4) is 5.88 Å². The molecule has 2 heterocycles. The number of aromatic hydroxyl groups is 1. The molecule has 0 spiro atoms. The first-order valence-corrected chi connectivity index (χ1v) is 10.2. The Morgan fingerprint density at radius 1 is 1.21 bits per heavy atom. The normalized spacial score (nSPS) is 13.8. The number of allylic oxidation sites excluding steroid dienone is 1. The lowest BCUT2D eigenvalue weighted by Crippen LogP contribution is -2.19. The molecule has 3 aromatic rings. The van der Waals surface area contributed by atoms with Crippen LogP contribution in [0.1, 0.15) is 38.8 Å². The predicted octanol–water partition coefficient (Wildman–Crippen LogP) is 4.63. The van der Waals surface area contributed by atoms with E-state index in [-0.39, 0.29) is 23.1 Å². The zero-order chi connectivity index (χ0) is 20.5. The average molecular weight is 404 g/mol. The highest BCUT2D eigenvalue weighted by atomic mass is 32.1. The van der Waals surface area contributed by atoms with Gasteiger partial charge in [-0.15, -0.1) is 0 Å². The van der Waals surface area contributed by atoms with Crippen LogP contribution in [0, 0.1) is 6.92 Å². The Bertz CT molecular complexity index is 1210. The molecular weight excluding hydrogens is 384 g/mol. The summed E-state index contributed by atoms with van der Waals surface area (Å²) in [6.07, 6.45) is 4.38. The molecule has 0 saturated carbocycles. The van der Waals surface area contributed by atoms with Crippen molar-refractivity contribution in [2.75, 3.05) is 0 Å². The second-order valence-corrected chi connectivity index (χ2v) is 7.95. The second kappa shape index (κ2) is 7.64. The van der Waals surface area contributed by atoms with E-state index in [1.165, 1.54) is 0 Å². The Kier molecular flexibility index (Phi) is 5.03. The van der Waals surface area contributed by atoms with Crippen molar-refractivity contribution >= 4 is 40.7 Å². The Morgan fingerprint density at radius 3 is 2.69 bits per heavy atom. The lowest BCUT2D eigenvalue weighted by atomic mass is 10.0. The molecule has 0 fully saturated rings. The summed E-state index contributed by atoms with van der Waals surface area (Å²) >= 11 is 0.919. The quantitative estimate of drug-likeness (QED) is 0.631. The average Bonchev–Trinajstić information content (AvgIpc) is 3.24. The predicted molar refractivity (Wildman–Crippen MR) is 118 cm³/mol. The molecule has 1 N–H and O–H groups in total. The molecule has 29 heavy (non-hydrogen) atoms. The van der Waals surface area contributed by atoms with E-state index in [2.05, 4.69) is 11.9 Å². The van der Waals surface area contributed by atoms with Gasteiger partial charge in [0.25, 0.3) is 0 Å². The smallest absolute Gasteiger partial charge is 0.311 e. The van der Waals surface area contributed by atoms with E-state index in [0.29, 0.717) is 10.4 Å². The molecule has 0 radical (unpaired) electrons. The molecule has 0 atom stereocenters. The van der Waals surface area contributed by atoms with Gasteiger partial charge in [-0.3, -0.25) is 19.1 Å². The fourth-order valence-electron chi connectivity index (χ4n) is 3.34. The molecule has 1 aromatic heterocycles. The summed E-state index contributed by atoms with van der Waals surface area (Å²) in [7, 11) is 0. The number of fused-ring (bicyclic) bond motifs is 1. The van der Waals surface area contributed by atoms with Crippen molar-refractivity contribution in [2.45, 2.75) is 26.8 Å². The molecule has 0 saturated heterocycles. The molecule has 5 nitrogen and oxygen atoms in total. The van der Waals surface area contributed by atoms with E-state index in [1.54, 1.807) is 24.4 Å². The van der Waals surface area contributed by atoms with Crippen LogP contribution in [-0.2, 0) is 13.0 Å². The highest BCUT2D eigenvalue weighted by Gasteiger charge is 2.19. The van der Waals surface area contributed by atoms with Gasteiger partial charge in [0.05, 0.1) is 17.1 Å². The Morgan fingerprint density at radius 2 is 1.97 bits per heavy atom. The van der Waals surface area contributed by atoms with Gasteiger partial charge < -0.3 is 5.11 Å². The van der Waals surface area contributed by atoms with Crippen LogP contribution in [0.2, 0.25) is 0 Å². The number of para-hydroxylation sites is 1. The third-order valence-corrected chi connectivity index (χ3v) is 5.92. The molecule has 1 aliphatic rings. The van der Waals surface area contributed by atoms with Crippen LogP contribution in [0.5, 0.6) is 5.88 Å². The molecule has 0 unspecified atom stereocenters. The minimum absolute atomic E-state index is 0.193. The van der Waals surface area contributed by atoms with Crippen molar-refractivity contribution in [1.82, 2.24) is 4.57 Å². The van der Waals surface area contributed by atoms with Crippen LogP contribution in [0.25, 0.3) is 11.6 Å². The van der Waals surface area contributed by atoms with E-state index in [4.69, 9.17) is 0 Å². The molecule has 0 bridgehead atoms. The standard InChI is InChI=1S/C23H20N2O3S/c1-3-15-5-4-6-18-17(12-24-21(15)18)11-20-22(27)25(23(28)29-20)13-19(26)16-9-7-14(2)8-10-16/h4-12,27H,3,13H2,1-2H3. The summed E-state index contributed by atoms with van der Waals surface area (Å²) in [6, 6.07) is 13.2. The van der Waals surface area contributed by atoms with E-state index in [9.17, 15) is 14.7 Å². The van der Waals surface area contributed by atoms with E-state index in [0.717, 1.165) is 50.3 Å². The van der Waals surface area contributed by atoms with Crippen LogP contribution < -0.4 is 4.87 Å². The van der Waals surface area contributed by atoms with Crippen LogP contribution in [0.4, 0.5) is 5.69 Å². The van der Waals surface area contributed by atoms with Crippen LogP contribution >= 0.6 is 11.3 Å². The summed E-state index contributed by atoms with van der Waals surface area (Å²) < 4.78 is 1.12. The minimum Gasteiger partial charge on any atom is -0.493 e. The number of thiazole rings is 1. The van der Waals surface area contributed by atoms with E-state index in [1.807, 2.05) is 37.3 Å². The molecule has 146 valence electrons. The Hall–Kier alpha value is -3.25. The van der Waals surface area contributed by atoms with Gasteiger partial charge in [0, 0.05) is 22.9 Å². The Labute approximate surface area is 172 Å². The van der Waals surface area contributed by atoms with Crippen LogP contribution in [0.15, 0.2) is 52.3 Å². The van der Waals surface area contributed by atoms with Gasteiger partial charge in [-0.1, -0.05) is 66.3 Å². The SMILES string of the molecule is CCc1cccc2c1N=CC2=Cc1sc(=O)n(CC(=O)c2ccc(C)cc2)c1O. The van der Waals surface area contributed by atoms with E-state index < -0.39 is 0 Å². The largest absolute Gasteiger partial charge is 0.493 e. The number of benzene rings is 2. The van der Waals surface area contributed by atoms with Crippen molar-refractivity contribution in [2.24, 2.45) is 4.99 Å². The molecule has 0 amide bonds. The summed E-state index contributed by atoms with van der Waals surface area (Å²) in [5.41, 5.74) is 5.46. The maximum atomic E-state index is 12.5. The van der Waals surface area contributed by atoms with Gasteiger partial charge >= 0.3 is 4.87 Å². The van der Waals surface area contributed by atoms with Gasteiger partial charge in [-0.25, -0.2) is 0 Å². The monoisotopic (exact) mass is 404 g/mol. The molecule has 1 aliphatic heterocycles. The summed E-state index contributed by atoms with van der Waals surface area (Å²) in [4.78, 5) is 29.5. The number of carbonyl (C=O) groups is 1. The number of aliphatic imine (C=N–C) groups is 1. The number of ketones is 1. The Balaban J connectivity index is 1.65. The molecule has 0 aliphatic carbocycles. The minimum atomic E-state index is -0.368. The number of carbonyl (C=O) groups excluding carboxylic acids is 1. The van der Waals surface area contributed by atoms with Crippen molar-refractivity contribution < 1.29 is 9.90 Å². The first-order valence-electron chi connectivity index (χ1n) is 9.38. The van der Waals surface area contributed by atoms with Gasteiger partial charge in [0.15, 0.2) is 5.78 Å². The summed E-state index contributed by atoms with van der Waals surface area (Å²) in [5, 5.41) is 10.6. The van der Waals surface area contributed by atoms with Gasteiger partial charge in [0.2, 0.25) is 5.88 Å². The molecule has 6 heteroatoms. The highest BCUT2D eigenvalue weighted by molar-refractivity contribution is 7.10. The number of hydrogen-bond donors (Lipinski definition) is 1. The number of Topliss-reactive ketones (excluding diaryl/α,β-unsaturated/α-hetero) is 1. The van der Waals surface area contributed by atoms with Gasteiger partial charge in [-0.05, 0) is 25.0 Å². The first-order chi connectivity index (χ1) is 14.0. The van der Waals surface area contributed by atoms with Gasteiger partial charge in [0.1, 0.15) is 0 Å². The fraction of sp³-hybridized carbons (Fsp3) is 0.174. The van der Waals surface area contributed by atoms with Crippen molar-refractivity contribution in [1.29, 1.82) is 0 Å². The maximum absolute atomic E-state index is 12.5. The second-order valence-electron chi connectivity index (χ2n) is 6.96. The third-order valence-electron chi connectivity index (χ3n) is 5.00. The first kappa shape index (κ1) is 19.1. The van der Waals surface area contributed by atoms with Gasteiger partial charge in [-0.2, -0.15) is 0 Å². The number of rotatable bonds is 5. The zero-order valence-electron chi connectivity index (χ0n) is 16.2. The zero-order valence-corrected chi connectivity index (χ0v) is 17.0. The van der Waals surface area contributed by atoms with E-state index >= 15 is 0 Å². The number of aryl methyl sites for hydroxylation is 2. The summed E-state index contributed by atoms with van der Waals surface area (Å²) in [6.45, 7) is 3.82. The third kappa shape index (κ3) is 3.59. The lowest BCUT2D eigenvalue weighted by molar-refractivity contribution is 0.0968. The molecular formula is C23H20N2O3S. The fourth-order valence-corrected chi connectivity index (χ4v) is 4.18. The van der Waals surface area contributed by atoms with Crippen LogP contribution in [0.3, 0.4) is 0 Å². The number of nitrogens with zero attached hydrogens (tertiary/aromatic N) is 2. The maximum Gasteiger partial charge on any atom is 0.311 e. The molecule has 2 aromatic carbocycles. The highest BCUT2D eigenvalue weighted by Crippen LogP contribution is 2.37. The number of hydrogen-bond acceptors (Lipinski definition) is 5. The number of aromatic nitrogens is 1.